The maximum Gasteiger partial charge on any atom is 0.257 e. The number of ether oxygens (including phenoxy) is 2. The number of hydrogen-bond acceptors (Lipinski definition) is 5. The second-order valence-corrected chi connectivity index (χ2v) is 5.79. The van der Waals surface area contributed by atoms with Crippen LogP contribution in [-0.2, 0) is 14.3 Å². The van der Waals surface area contributed by atoms with E-state index in [0.29, 0.717) is 12.2 Å². The Balaban J connectivity index is 1.76. The topological polar surface area (TPSA) is 84.9 Å². The fourth-order valence-corrected chi connectivity index (χ4v) is 2.32. The molecule has 1 aromatic carbocycles. The van der Waals surface area contributed by atoms with E-state index < -0.39 is 23.7 Å². The highest BCUT2D eigenvalue weighted by atomic mass is 16.7. The molecule has 2 rings (SSSR count). The predicted octanol–water partition coefficient (Wildman–Crippen LogP) is 1.24. The van der Waals surface area contributed by atoms with Gasteiger partial charge >= 0.3 is 0 Å². The molecule has 2 atom stereocenters. The molecule has 1 saturated heterocycles. The molecule has 120 valence electrons. The number of benzene rings is 1. The zero-order chi connectivity index (χ0) is 16.2. The lowest BCUT2D eigenvalue weighted by molar-refractivity contribution is -0.141. The first-order valence-corrected chi connectivity index (χ1v) is 7.25. The van der Waals surface area contributed by atoms with Gasteiger partial charge in [0.25, 0.3) is 5.91 Å². The van der Waals surface area contributed by atoms with Crippen LogP contribution in [0.15, 0.2) is 30.3 Å². The average molecular weight is 307 g/mol. The number of nitrogens with one attached hydrogen (secondary N) is 1. The lowest BCUT2D eigenvalue weighted by atomic mass is 10.1. The van der Waals surface area contributed by atoms with Crippen molar-refractivity contribution in [3.8, 4) is 0 Å². The van der Waals surface area contributed by atoms with Gasteiger partial charge in [0, 0.05) is 12.0 Å². The van der Waals surface area contributed by atoms with Crippen LogP contribution in [0.25, 0.3) is 0 Å². The number of imide groups is 1. The number of carbonyl (C=O) groups is 2. The Morgan fingerprint density at radius 2 is 2.05 bits per heavy atom. The van der Waals surface area contributed by atoms with E-state index in [1.54, 1.807) is 44.2 Å². The van der Waals surface area contributed by atoms with Crippen LogP contribution >= 0.6 is 0 Å². The molecule has 1 heterocycles. The first-order valence-electron chi connectivity index (χ1n) is 7.25. The Labute approximate surface area is 129 Å². The van der Waals surface area contributed by atoms with Crippen LogP contribution in [-0.4, -0.2) is 41.5 Å². The van der Waals surface area contributed by atoms with Crippen molar-refractivity contribution in [2.45, 2.75) is 44.7 Å². The Kier molecular flexibility index (Phi) is 5.28. The molecule has 2 N–H and O–H groups in total. The van der Waals surface area contributed by atoms with Gasteiger partial charge < -0.3 is 14.6 Å². The summed E-state index contributed by atoms with van der Waals surface area (Å²) in [7, 11) is 0. The van der Waals surface area contributed by atoms with Gasteiger partial charge in [-0.15, -0.1) is 0 Å². The second kappa shape index (κ2) is 7.00. The summed E-state index contributed by atoms with van der Waals surface area (Å²) < 4.78 is 11.0. The van der Waals surface area contributed by atoms with Crippen molar-refractivity contribution in [2.24, 2.45) is 0 Å². The number of rotatable bonds is 5. The molecule has 0 radical (unpaired) electrons. The molecule has 1 aromatic rings. The van der Waals surface area contributed by atoms with E-state index in [4.69, 9.17) is 9.47 Å². The van der Waals surface area contributed by atoms with Crippen LogP contribution in [0.2, 0.25) is 0 Å². The third-order valence-corrected chi connectivity index (χ3v) is 3.31. The fraction of sp³-hybridized carbons (Fsp3) is 0.500. The smallest absolute Gasteiger partial charge is 0.257 e. The first-order chi connectivity index (χ1) is 10.4. The zero-order valence-electron chi connectivity index (χ0n) is 12.7. The van der Waals surface area contributed by atoms with Crippen LogP contribution in [0, 0.1) is 0 Å². The summed E-state index contributed by atoms with van der Waals surface area (Å²) in [6, 6.07) is 8.45. The summed E-state index contributed by atoms with van der Waals surface area (Å²) in [6.07, 6.45) is -0.997. The number of aliphatic hydroxyl groups is 1. The van der Waals surface area contributed by atoms with Crippen molar-refractivity contribution in [2.75, 3.05) is 6.61 Å². The van der Waals surface area contributed by atoms with Gasteiger partial charge in [-0.2, -0.15) is 0 Å². The summed E-state index contributed by atoms with van der Waals surface area (Å²) in [5, 5.41) is 12.2. The average Bonchev–Trinajstić information content (AvgIpc) is 2.78. The molecule has 2 amide bonds. The van der Waals surface area contributed by atoms with Crippen molar-refractivity contribution in [3.63, 3.8) is 0 Å². The van der Waals surface area contributed by atoms with Crippen molar-refractivity contribution in [1.29, 1.82) is 0 Å². The molecular weight excluding hydrogens is 286 g/mol. The Morgan fingerprint density at radius 1 is 1.36 bits per heavy atom. The van der Waals surface area contributed by atoms with Gasteiger partial charge in [-0.25, -0.2) is 0 Å². The van der Waals surface area contributed by atoms with Crippen LogP contribution in [0.5, 0.6) is 0 Å². The summed E-state index contributed by atoms with van der Waals surface area (Å²) in [5.74, 6) is -1.64. The van der Waals surface area contributed by atoms with Gasteiger partial charge in [0.05, 0.1) is 25.2 Å². The van der Waals surface area contributed by atoms with Crippen LogP contribution in [0.1, 0.15) is 37.0 Å². The molecule has 22 heavy (non-hydrogen) atoms. The summed E-state index contributed by atoms with van der Waals surface area (Å²) in [5.41, 5.74) is 0.402. The van der Waals surface area contributed by atoms with E-state index in [9.17, 15) is 14.7 Å². The van der Waals surface area contributed by atoms with E-state index in [1.807, 2.05) is 0 Å². The van der Waals surface area contributed by atoms with Crippen molar-refractivity contribution in [1.82, 2.24) is 5.32 Å². The second-order valence-electron chi connectivity index (χ2n) is 5.79. The summed E-state index contributed by atoms with van der Waals surface area (Å²) >= 11 is 0. The largest absolute Gasteiger partial charge is 0.392 e. The first kappa shape index (κ1) is 16.6. The molecule has 1 fully saturated rings. The summed E-state index contributed by atoms with van der Waals surface area (Å²) in [6.45, 7) is 3.98. The molecule has 0 aliphatic carbocycles. The number of carbonyl (C=O) groups excluding carboxylic acids is 2. The molecule has 0 bridgehead atoms. The van der Waals surface area contributed by atoms with E-state index in [1.165, 1.54) is 0 Å². The van der Waals surface area contributed by atoms with Crippen molar-refractivity contribution < 1.29 is 24.2 Å². The Hall–Kier alpha value is -1.76. The normalized spacial score (nSPS) is 21.3. The molecular formula is C16H21NO5. The fourth-order valence-electron chi connectivity index (χ4n) is 2.32. The monoisotopic (exact) mass is 307 g/mol. The standard InChI is InChI=1S/C16H21NO5/c1-16(2)21-10-13(22-16)8-12(18)9-14(19)17-15(20)11-6-4-3-5-7-11/h3-7,12-13,18H,8-10H2,1-2H3,(H,17,19,20)/t12-,13+/m1/s1. The minimum Gasteiger partial charge on any atom is -0.392 e. The molecule has 0 unspecified atom stereocenters. The highest BCUT2D eigenvalue weighted by Crippen LogP contribution is 2.25. The molecule has 1 aliphatic heterocycles. The molecule has 6 heteroatoms. The third-order valence-electron chi connectivity index (χ3n) is 3.31. The van der Waals surface area contributed by atoms with E-state index in [2.05, 4.69) is 5.32 Å². The number of aliphatic hydroxyl groups excluding tert-OH is 1. The van der Waals surface area contributed by atoms with Gasteiger partial charge in [0.2, 0.25) is 5.91 Å². The minimum atomic E-state index is -0.883. The van der Waals surface area contributed by atoms with Gasteiger partial charge in [-0.3, -0.25) is 14.9 Å². The lowest BCUT2D eigenvalue weighted by Gasteiger charge is -2.18. The summed E-state index contributed by atoms with van der Waals surface area (Å²) in [4.78, 5) is 23.6. The van der Waals surface area contributed by atoms with E-state index in [0.717, 1.165) is 0 Å². The molecule has 0 spiro atoms. The van der Waals surface area contributed by atoms with Crippen LogP contribution in [0.3, 0.4) is 0 Å². The highest BCUT2D eigenvalue weighted by molar-refractivity contribution is 6.04. The van der Waals surface area contributed by atoms with Gasteiger partial charge in [0.15, 0.2) is 5.79 Å². The molecule has 6 nitrogen and oxygen atoms in total. The zero-order valence-corrected chi connectivity index (χ0v) is 12.7. The molecule has 0 aromatic heterocycles. The number of amides is 2. The highest BCUT2D eigenvalue weighted by Gasteiger charge is 2.34. The number of hydrogen-bond donors (Lipinski definition) is 2. The van der Waals surface area contributed by atoms with Crippen LogP contribution in [0.4, 0.5) is 0 Å². The van der Waals surface area contributed by atoms with Gasteiger partial charge in [0.1, 0.15) is 0 Å². The van der Waals surface area contributed by atoms with Gasteiger partial charge in [-0.05, 0) is 26.0 Å². The Bertz CT molecular complexity index is 529. The predicted molar refractivity (Wildman–Crippen MR) is 79.1 cm³/mol. The van der Waals surface area contributed by atoms with Crippen LogP contribution < -0.4 is 5.32 Å². The maximum atomic E-state index is 11.8. The van der Waals surface area contributed by atoms with Gasteiger partial charge in [-0.1, -0.05) is 18.2 Å². The molecule has 1 aliphatic rings. The lowest BCUT2D eigenvalue weighted by Crippen LogP contribution is -2.34. The SMILES string of the molecule is CC1(C)OC[C@H](C[C@@H](O)CC(=O)NC(=O)c2ccccc2)O1. The van der Waals surface area contributed by atoms with E-state index in [-0.39, 0.29) is 18.9 Å². The molecule has 0 saturated carbocycles. The van der Waals surface area contributed by atoms with Crippen molar-refractivity contribution >= 4 is 11.8 Å². The Morgan fingerprint density at radius 3 is 2.64 bits per heavy atom. The van der Waals surface area contributed by atoms with Crippen molar-refractivity contribution in [3.05, 3.63) is 35.9 Å². The van der Waals surface area contributed by atoms with E-state index >= 15 is 0 Å². The minimum absolute atomic E-state index is 0.154. The third kappa shape index (κ3) is 4.91. The quantitative estimate of drug-likeness (QED) is 0.855. The maximum absolute atomic E-state index is 11.8.